The summed E-state index contributed by atoms with van der Waals surface area (Å²) in [5.41, 5.74) is 10.5. The second-order valence-electron chi connectivity index (χ2n) is 16.9. The van der Waals surface area contributed by atoms with Gasteiger partial charge in [-0.1, -0.05) is 140 Å². The van der Waals surface area contributed by atoms with Crippen LogP contribution in [0.3, 0.4) is 0 Å². The first kappa shape index (κ1) is 38.8. The summed E-state index contributed by atoms with van der Waals surface area (Å²) in [6, 6.07) is 86.1. The van der Waals surface area contributed by atoms with Crippen molar-refractivity contribution in [2.24, 2.45) is 0 Å². The molecule has 1 aliphatic heterocycles. The molecule has 0 spiro atoms. The summed E-state index contributed by atoms with van der Waals surface area (Å²) in [4.78, 5) is 4.62. The number of hydrogen-bond donors (Lipinski definition) is 0. The van der Waals surface area contributed by atoms with Gasteiger partial charge in [0.15, 0.2) is 23.0 Å². The summed E-state index contributed by atoms with van der Waals surface area (Å²) < 4.78 is 16.3. The fraction of sp³-hybridized carbons (Fsp3) is 0. The number of ether oxygens (including phenoxy) is 2. The van der Waals surface area contributed by atoms with Gasteiger partial charge >= 0.3 is 0 Å². The smallest absolute Gasteiger partial charge is 0.177 e. The SMILES string of the molecule is c1ccc(N(c2ccccc2)c2ccc(-c3cc4c(c(-c5ccc(N(c6ccccc6)c6ccc7sc8c9ccccc9ccc8c7c6)cc5)c3)Oc3cc5ccccc5cc3O4)cc2)cc1. The maximum atomic E-state index is 6.88. The van der Waals surface area contributed by atoms with E-state index < -0.39 is 0 Å². The molecule has 13 rings (SSSR count). The lowest BCUT2D eigenvalue weighted by molar-refractivity contribution is 0.362. The number of thiophene rings is 1. The fourth-order valence-corrected chi connectivity index (χ4v) is 10.8. The van der Waals surface area contributed by atoms with Gasteiger partial charge in [-0.3, -0.25) is 0 Å². The zero-order chi connectivity index (χ0) is 44.3. The van der Waals surface area contributed by atoms with Gasteiger partial charge in [0.05, 0.1) is 0 Å². The number of rotatable bonds is 8. The molecule has 1 aromatic heterocycles. The molecule has 0 atom stereocenters. The van der Waals surface area contributed by atoms with Crippen molar-refractivity contribution in [3.8, 4) is 45.3 Å². The third kappa shape index (κ3) is 6.92. The first-order valence-corrected chi connectivity index (χ1v) is 23.4. The molecule has 1 aliphatic rings. The number of fused-ring (bicyclic) bond motifs is 8. The Labute approximate surface area is 392 Å². The van der Waals surface area contributed by atoms with E-state index >= 15 is 0 Å². The lowest BCUT2D eigenvalue weighted by atomic mass is 9.96. The fourth-order valence-electron chi connectivity index (χ4n) is 9.60. The van der Waals surface area contributed by atoms with Crippen molar-refractivity contribution in [1.82, 2.24) is 0 Å². The molecule has 12 aromatic rings. The van der Waals surface area contributed by atoms with Crippen LogP contribution < -0.4 is 19.3 Å². The van der Waals surface area contributed by atoms with Crippen LogP contribution in [0.4, 0.5) is 34.1 Å². The summed E-state index contributed by atoms with van der Waals surface area (Å²) >= 11 is 1.87. The van der Waals surface area contributed by atoms with Gasteiger partial charge < -0.3 is 19.3 Å². The molecule has 11 aromatic carbocycles. The summed E-state index contributed by atoms with van der Waals surface area (Å²) in [6.45, 7) is 0. The van der Waals surface area contributed by atoms with Crippen LogP contribution in [0.5, 0.6) is 23.0 Å². The molecule has 67 heavy (non-hydrogen) atoms. The Bertz CT molecular complexity index is 3760. The van der Waals surface area contributed by atoms with Crippen molar-refractivity contribution in [1.29, 1.82) is 0 Å². The van der Waals surface area contributed by atoms with E-state index in [1.165, 1.54) is 30.9 Å². The van der Waals surface area contributed by atoms with E-state index in [-0.39, 0.29) is 0 Å². The van der Waals surface area contributed by atoms with Gasteiger partial charge in [0.1, 0.15) is 0 Å². The highest BCUT2D eigenvalue weighted by molar-refractivity contribution is 7.26. The third-order valence-corrected chi connectivity index (χ3v) is 14.1. The van der Waals surface area contributed by atoms with Crippen molar-refractivity contribution >= 4 is 87.2 Å². The normalized spacial score (nSPS) is 11.8. The molecule has 0 unspecified atom stereocenters. The Morgan fingerprint density at radius 3 is 1.43 bits per heavy atom. The Morgan fingerprint density at radius 1 is 0.299 bits per heavy atom. The highest BCUT2D eigenvalue weighted by Gasteiger charge is 2.26. The maximum absolute atomic E-state index is 6.88. The van der Waals surface area contributed by atoms with Crippen LogP contribution in [0.15, 0.2) is 243 Å². The molecule has 0 N–H and O–H groups in total. The van der Waals surface area contributed by atoms with Crippen molar-refractivity contribution in [3.63, 3.8) is 0 Å². The van der Waals surface area contributed by atoms with Crippen LogP contribution >= 0.6 is 11.3 Å². The predicted molar refractivity (Wildman–Crippen MR) is 281 cm³/mol. The van der Waals surface area contributed by atoms with Crippen molar-refractivity contribution in [2.75, 3.05) is 9.80 Å². The van der Waals surface area contributed by atoms with Crippen molar-refractivity contribution in [2.45, 2.75) is 0 Å². The summed E-state index contributed by atoms with van der Waals surface area (Å²) in [5.74, 6) is 2.76. The number of nitrogens with zero attached hydrogens (tertiary/aromatic N) is 2. The minimum atomic E-state index is 0.675. The monoisotopic (exact) mass is 876 g/mol. The number of hydrogen-bond acceptors (Lipinski definition) is 5. The van der Waals surface area contributed by atoms with E-state index in [0.717, 1.165) is 67.2 Å². The molecule has 316 valence electrons. The highest BCUT2D eigenvalue weighted by atomic mass is 32.1. The maximum Gasteiger partial charge on any atom is 0.177 e. The van der Waals surface area contributed by atoms with Crippen LogP contribution in [-0.2, 0) is 0 Å². The largest absolute Gasteiger partial charge is 0.449 e. The van der Waals surface area contributed by atoms with Crippen LogP contribution in [0, 0.1) is 0 Å². The minimum Gasteiger partial charge on any atom is -0.449 e. The average molecular weight is 877 g/mol. The Balaban J connectivity index is 0.915. The zero-order valence-electron chi connectivity index (χ0n) is 36.2. The zero-order valence-corrected chi connectivity index (χ0v) is 37.0. The standard InChI is InChI=1S/C62H40N2O2S/c1-4-17-47(18-5-1)63(48-19-6-2-7-20-48)50-29-24-41(25-30-50)46-36-55(61-59(39-46)65-57-37-44-15-10-11-16-45(44)38-58(57)66-61)43-26-31-51(32-27-43)64(49-21-8-3-9-22-49)52-33-35-60-56(40-52)54-34-28-42-14-12-13-23-53(42)62(54)67-60/h1-40H. The summed E-state index contributed by atoms with van der Waals surface area (Å²) in [5, 5.41) is 7.30. The molecule has 0 fully saturated rings. The van der Waals surface area contributed by atoms with Gasteiger partial charge in [0, 0.05) is 59.9 Å². The van der Waals surface area contributed by atoms with Gasteiger partial charge in [-0.15, -0.1) is 11.3 Å². The van der Waals surface area contributed by atoms with E-state index in [1.54, 1.807) is 0 Å². The third-order valence-electron chi connectivity index (χ3n) is 12.8. The first-order chi connectivity index (χ1) is 33.2. The Morgan fingerprint density at radius 2 is 0.806 bits per heavy atom. The van der Waals surface area contributed by atoms with E-state index in [4.69, 9.17) is 9.47 Å². The van der Waals surface area contributed by atoms with Crippen LogP contribution in [0.2, 0.25) is 0 Å². The van der Waals surface area contributed by atoms with Gasteiger partial charge in [0.2, 0.25) is 0 Å². The first-order valence-electron chi connectivity index (χ1n) is 22.6. The molecule has 5 heteroatoms. The van der Waals surface area contributed by atoms with E-state index in [1.807, 2.05) is 11.3 Å². The molecule has 0 saturated carbocycles. The number of para-hydroxylation sites is 3. The quantitative estimate of drug-likeness (QED) is 0.152. The Kier molecular flexibility index (Phi) is 9.32. The lowest BCUT2D eigenvalue weighted by Gasteiger charge is -2.27. The average Bonchev–Trinajstić information content (AvgIpc) is 3.77. The molecular weight excluding hydrogens is 837 g/mol. The molecular formula is C62H40N2O2S. The predicted octanol–water partition coefficient (Wildman–Crippen LogP) is 18.5. The molecule has 0 aliphatic carbocycles. The topological polar surface area (TPSA) is 24.9 Å². The van der Waals surface area contributed by atoms with Crippen molar-refractivity contribution in [3.05, 3.63) is 243 Å². The highest BCUT2D eigenvalue weighted by Crippen LogP contribution is 2.53. The molecule has 2 heterocycles. The molecule has 0 bridgehead atoms. The van der Waals surface area contributed by atoms with E-state index in [2.05, 4.69) is 252 Å². The van der Waals surface area contributed by atoms with Gasteiger partial charge in [-0.25, -0.2) is 0 Å². The second kappa shape index (κ2) is 16.1. The van der Waals surface area contributed by atoms with Crippen molar-refractivity contribution < 1.29 is 9.47 Å². The van der Waals surface area contributed by atoms with Gasteiger partial charge in [0.25, 0.3) is 0 Å². The Hall–Kier alpha value is -8.64. The molecule has 0 saturated heterocycles. The second-order valence-corrected chi connectivity index (χ2v) is 18.0. The molecule has 4 nitrogen and oxygen atoms in total. The minimum absolute atomic E-state index is 0.675. The number of benzene rings is 11. The lowest BCUT2D eigenvalue weighted by Crippen LogP contribution is -2.09. The van der Waals surface area contributed by atoms with Crippen LogP contribution in [0.1, 0.15) is 0 Å². The van der Waals surface area contributed by atoms with Crippen LogP contribution in [-0.4, -0.2) is 0 Å². The van der Waals surface area contributed by atoms with Gasteiger partial charge in [-0.05, 0) is 141 Å². The number of anilines is 6. The summed E-state index contributed by atoms with van der Waals surface area (Å²) in [6.07, 6.45) is 0. The van der Waals surface area contributed by atoms with E-state index in [9.17, 15) is 0 Å². The summed E-state index contributed by atoms with van der Waals surface area (Å²) in [7, 11) is 0. The molecule has 0 amide bonds. The van der Waals surface area contributed by atoms with Gasteiger partial charge in [-0.2, -0.15) is 0 Å². The molecule has 0 radical (unpaired) electrons. The van der Waals surface area contributed by atoms with Crippen LogP contribution in [0.25, 0.3) is 64.0 Å². The van der Waals surface area contributed by atoms with E-state index in [0.29, 0.717) is 23.0 Å².